The Morgan fingerprint density at radius 1 is 0.525 bits per heavy atom. The second kappa shape index (κ2) is 20.2. The molecule has 10 nitrogen and oxygen atoms in total. The zero-order valence-corrected chi connectivity index (χ0v) is 28.3. The average molecular weight is 639 g/mol. The molecule has 0 unspecified atom stereocenters. The third-order valence-corrected chi connectivity index (χ3v) is 9.54. The summed E-state index contributed by atoms with van der Waals surface area (Å²) in [5, 5.41) is 10.4. The van der Waals surface area contributed by atoms with Gasteiger partial charge >= 0.3 is 12.1 Å². The molecule has 1 rings (SSSR count). The van der Waals surface area contributed by atoms with Gasteiger partial charge in [0.15, 0.2) is 0 Å². The van der Waals surface area contributed by atoms with E-state index in [0.717, 1.165) is 72.2 Å². The zero-order chi connectivity index (χ0) is 30.0. The fourth-order valence-corrected chi connectivity index (χ4v) is 7.69. The number of hydrogen-bond donors (Lipinski definition) is 4. The van der Waals surface area contributed by atoms with Crippen molar-refractivity contribution in [1.29, 1.82) is 0 Å². The predicted octanol–water partition coefficient (Wildman–Crippen LogP) is 2.79. The summed E-state index contributed by atoms with van der Waals surface area (Å²) in [6.07, 6.45) is 0. The molecule has 1 saturated heterocycles. The lowest BCUT2D eigenvalue weighted by Crippen LogP contribution is -2.50. The van der Waals surface area contributed by atoms with Crippen molar-refractivity contribution in [3.05, 3.63) is 0 Å². The summed E-state index contributed by atoms with van der Waals surface area (Å²) < 4.78 is 0. The van der Waals surface area contributed by atoms with E-state index in [9.17, 15) is 19.2 Å². The molecule has 0 aromatic rings. The Balaban J connectivity index is 2.50. The van der Waals surface area contributed by atoms with Crippen LogP contribution in [-0.4, -0.2) is 130 Å². The van der Waals surface area contributed by atoms with Crippen molar-refractivity contribution >= 4 is 70.9 Å². The average Bonchev–Trinajstić information content (AvgIpc) is 2.78. The monoisotopic (exact) mass is 638 g/mol. The van der Waals surface area contributed by atoms with Gasteiger partial charge in [-0.25, -0.2) is 9.59 Å². The van der Waals surface area contributed by atoms with Crippen LogP contribution in [0.3, 0.4) is 0 Å². The molecule has 40 heavy (non-hydrogen) atoms. The number of hydrogen-bond acceptors (Lipinski definition) is 10. The zero-order valence-electron chi connectivity index (χ0n) is 25.1. The molecule has 1 aliphatic heterocycles. The highest BCUT2D eigenvalue weighted by atomic mass is 32.2. The van der Waals surface area contributed by atoms with Crippen molar-refractivity contribution in [2.75, 3.05) is 85.3 Å². The number of carbonyl (C=O) groups is 4. The van der Waals surface area contributed by atoms with Crippen molar-refractivity contribution in [3.8, 4) is 0 Å². The van der Waals surface area contributed by atoms with E-state index >= 15 is 0 Å². The fraction of sp³-hybridized carbons (Fsp3) is 0.846. The summed E-state index contributed by atoms with van der Waals surface area (Å²) in [4.78, 5) is 53.3. The highest BCUT2D eigenvalue weighted by molar-refractivity contribution is 8.03. The molecule has 6 amide bonds. The summed E-state index contributed by atoms with van der Waals surface area (Å²) in [7, 11) is 0. The number of rotatable bonds is 4. The molecule has 0 bridgehead atoms. The van der Waals surface area contributed by atoms with Crippen LogP contribution in [0.2, 0.25) is 0 Å². The first-order valence-corrected chi connectivity index (χ1v) is 18.3. The molecule has 0 aromatic carbocycles. The molecule has 14 heteroatoms. The normalized spacial score (nSPS) is 18.6. The lowest BCUT2D eigenvalue weighted by atomic mass is 10.1. The molecule has 1 aliphatic rings. The van der Waals surface area contributed by atoms with E-state index in [4.69, 9.17) is 0 Å². The minimum atomic E-state index is -0.457. The third-order valence-electron chi connectivity index (χ3n) is 5.17. The fourth-order valence-electron chi connectivity index (χ4n) is 3.44. The van der Waals surface area contributed by atoms with Crippen LogP contribution in [0.4, 0.5) is 9.59 Å². The van der Waals surface area contributed by atoms with Crippen LogP contribution in [0, 0.1) is 0 Å². The number of nitrogens with one attached hydrogen (secondary N) is 4. The molecular formula is C26H50N6O4S4. The summed E-state index contributed by atoms with van der Waals surface area (Å²) in [6.45, 7) is 14.9. The molecule has 1 fully saturated rings. The first-order valence-electron chi connectivity index (χ1n) is 13.7. The van der Waals surface area contributed by atoms with Gasteiger partial charge in [0, 0.05) is 83.3 Å². The molecule has 232 valence electrons. The van der Waals surface area contributed by atoms with E-state index in [1.807, 2.05) is 88.6 Å². The summed E-state index contributed by atoms with van der Waals surface area (Å²) in [5.41, 5.74) is -0.796. The number of amides is 6. The Labute approximate surface area is 258 Å². The standard InChI is InChI=1S/C26H50N6O4S4/c1-25(2,3)29-23(35)27-21(33)19-31-7-11-37-15-17-39-13-9-32(10-14-40-18-16-38-12-8-31)20-22(34)28-24(36)30-26(4,5)6/h7-20H2,1-6H3,(H2,27,29,33,35)(H2,28,30,34,36). The van der Waals surface area contributed by atoms with Crippen molar-refractivity contribution in [2.24, 2.45) is 0 Å². The van der Waals surface area contributed by atoms with E-state index in [1.54, 1.807) is 0 Å². The van der Waals surface area contributed by atoms with Crippen LogP contribution < -0.4 is 21.3 Å². The van der Waals surface area contributed by atoms with Crippen LogP contribution in [0.5, 0.6) is 0 Å². The van der Waals surface area contributed by atoms with Gasteiger partial charge in [0.2, 0.25) is 11.8 Å². The second-order valence-corrected chi connectivity index (χ2v) is 16.4. The van der Waals surface area contributed by atoms with Crippen molar-refractivity contribution in [3.63, 3.8) is 0 Å². The van der Waals surface area contributed by atoms with E-state index in [2.05, 4.69) is 31.1 Å². The lowest BCUT2D eigenvalue weighted by molar-refractivity contribution is -0.122. The summed E-state index contributed by atoms with van der Waals surface area (Å²) >= 11 is 7.46. The van der Waals surface area contributed by atoms with E-state index in [0.29, 0.717) is 0 Å². The van der Waals surface area contributed by atoms with Crippen molar-refractivity contribution < 1.29 is 19.2 Å². The minimum absolute atomic E-state index is 0.212. The molecule has 4 N–H and O–H groups in total. The van der Waals surface area contributed by atoms with E-state index in [-0.39, 0.29) is 24.9 Å². The lowest BCUT2D eigenvalue weighted by Gasteiger charge is -2.24. The molecular weight excluding hydrogens is 589 g/mol. The first kappa shape index (κ1) is 37.2. The Morgan fingerprint density at radius 2 is 0.800 bits per heavy atom. The van der Waals surface area contributed by atoms with Crippen molar-refractivity contribution in [1.82, 2.24) is 31.1 Å². The number of urea groups is 2. The van der Waals surface area contributed by atoms with Gasteiger partial charge in [-0.1, -0.05) is 0 Å². The van der Waals surface area contributed by atoms with Gasteiger partial charge in [-0.3, -0.25) is 30.0 Å². The molecule has 0 atom stereocenters. The number of imide groups is 2. The van der Waals surface area contributed by atoms with E-state index < -0.39 is 23.1 Å². The Bertz CT molecular complexity index is 708. The number of nitrogens with zero attached hydrogens (tertiary/aromatic N) is 2. The maximum Gasteiger partial charge on any atom is 0.321 e. The topological polar surface area (TPSA) is 123 Å². The summed E-state index contributed by atoms with van der Waals surface area (Å²) in [6, 6.07) is -0.913. The Kier molecular flexibility index (Phi) is 18.8. The number of carbonyl (C=O) groups excluding carboxylic acids is 4. The van der Waals surface area contributed by atoms with Gasteiger partial charge in [0.1, 0.15) is 0 Å². The Hall–Kier alpha value is -0.800. The van der Waals surface area contributed by atoms with Crippen LogP contribution >= 0.6 is 47.0 Å². The Morgan fingerprint density at radius 3 is 1.05 bits per heavy atom. The second-order valence-electron chi connectivity index (χ2n) is 11.5. The molecule has 0 spiro atoms. The quantitative estimate of drug-likeness (QED) is 0.366. The molecule has 0 aromatic heterocycles. The molecule has 0 saturated carbocycles. The van der Waals surface area contributed by atoms with Crippen LogP contribution in [0.1, 0.15) is 41.5 Å². The predicted molar refractivity (Wildman–Crippen MR) is 175 cm³/mol. The van der Waals surface area contributed by atoms with Crippen LogP contribution in [0.25, 0.3) is 0 Å². The van der Waals surface area contributed by atoms with Gasteiger partial charge in [0.25, 0.3) is 0 Å². The highest BCUT2D eigenvalue weighted by Gasteiger charge is 2.19. The maximum atomic E-state index is 12.5. The molecule has 0 radical (unpaired) electrons. The largest absolute Gasteiger partial charge is 0.333 e. The van der Waals surface area contributed by atoms with Gasteiger partial charge < -0.3 is 10.6 Å². The van der Waals surface area contributed by atoms with Gasteiger partial charge in [-0.2, -0.15) is 47.0 Å². The van der Waals surface area contributed by atoms with Gasteiger partial charge in [-0.15, -0.1) is 0 Å². The maximum absolute atomic E-state index is 12.5. The van der Waals surface area contributed by atoms with Crippen LogP contribution in [-0.2, 0) is 9.59 Å². The van der Waals surface area contributed by atoms with Crippen molar-refractivity contribution in [2.45, 2.75) is 52.6 Å². The molecule has 0 aliphatic carbocycles. The molecule has 1 heterocycles. The van der Waals surface area contributed by atoms with Gasteiger partial charge in [-0.05, 0) is 41.5 Å². The summed E-state index contributed by atoms with van der Waals surface area (Å²) in [5.74, 6) is 7.17. The smallest absolute Gasteiger partial charge is 0.321 e. The SMILES string of the molecule is CC(C)(C)NC(=O)NC(=O)CN1CCSCCSCCN(CC(=O)NC(=O)NC(C)(C)C)CCSCCSCC1. The highest BCUT2D eigenvalue weighted by Crippen LogP contribution is 2.12. The van der Waals surface area contributed by atoms with E-state index in [1.165, 1.54) is 0 Å². The number of thioether (sulfide) groups is 4. The third kappa shape index (κ3) is 21.9. The van der Waals surface area contributed by atoms with Gasteiger partial charge in [0.05, 0.1) is 13.1 Å². The minimum Gasteiger partial charge on any atom is -0.333 e. The first-order chi connectivity index (χ1) is 18.7. The van der Waals surface area contributed by atoms with Crippen LogP contribution in [0.15, 0.2) is 0 Å².